The van der Waals surface area contributed by atoms with Gasteiger partial charge in [0, 0.05) is 21.8 Å². The topological polar surface area (TPSA) is 81.6 Å². The molecule has 0 aromatic heterocycles. The first kappa shape index (κ1) is 14.3. The van der Waals surface area contributed by atoms with Crippen LogP contribution in [0.3, 0.4) is 0 Å². The number of benzene rings is 2. The first-order valence-electron chi connectivity index (χ1n) is 5.50. The quantitative estimate of drug-likeness (QED) is 0.499. The summed E-state index contributed by atoms with van der Waals surface area (Å²) in [6, 6.07) is 7.85. The van der Waals surface area contributed by atoms with Crippen LogP contribution in [0.25, 0.3) is 0 Å². The number of urea groups is 1. The summed E-state index contributed by atoms with van der Waals surface area (Å²) in [4.78, 5) is 11.8. The molecule has 0 radical (unpaired) electrons. The van der Waals surface area contributed by atoms with Crippen molar-refractivity contribution in [3.63, 3.8) is 0 Å². The first-order chi connectivity index (χ1) is 9.44. The third-order valence-corrected chi connectivity index (χ3v) is 2.79. The average molecular weight is 313 g/mol. The SMILES string of the molecule is O=C(Nc1cc(Cl)cc(Cl)c1)Nc1ccc(O)cc1O. The van der Waals surface area contributed by atoms with E-state index in [1.165, 1.54) is 30.3 Å². The molecule has 2 aromatic rings. The smallest absolute Gasteiger partial charge is 0.323 e. The van der Waals surface area contributed by atoms with Gasteiger partial charge >= 0.3 is 6.03 Å². The zero-order chi connectivity index (χ0) is 14.7. The number of rotatable bonds is 2. The Morgan fingerprint density at radius 1 is 0.950 bits per heavy atom. The first-order valence-corrected chi connectivity index (χ1v) is 6.26. The summed E-state index contributed by atoms with van der Waals surface area (Å²) in [5, 5.41) is 24.4. The zero-order valence-electron chi connectivity index (χ0n) is 10.0. The number of phenols is 2. The van der Waals surface area contributed by atoms with Crippen LogP contribution in [0.4, 0.5) is 16.2 Å². The van der Waals surface area contributed by atoms with Gasteiger partial charge in [-0.05, 0) is 30.3 Å². The molecule has 0 heterocycles. The fourth-order valence-corrected chi connectivity index (χ4v) is 2.06. The summed E-state index contributed by atoms with van der Waals surface area (Å²) >= 11 is 11.6. The molecule has 0 aliphatic carbocycles. The minimum absolute atomic E-state index is 0.102. The van der Waals surface area contributed by atoms with Gasteiger partial charge in [-0.1, -0.05) is 23.2 Å². The van der Waals surface area contributed by atoms with Gasteiger partial charge in [0.05, 0.1) is 5.69 Å². The molecule has 7 heteroatoms. The third-order valence-electron chi connectivity index (χ3n) is 2.35. The second-order valence-electron chi connectivity index (χ2n) is 3.94. The lowest BCUT2D eigenvalue weighted by Crippen LogP contribution is -2.19. The van der Waals surface area contributed by atoms with Crippen molar-refractivity contribution in [1.82, 2.24) is 0 Å². The van der Waals surface area contributed by atoms with Crippen LogP contribution in [0.15, 0.2) is 36.4 Å². The molecule has 104 valence electrons. The number of aromatic hydroxyl groups is 2. The Bertz CT molecular complexity index is 642. The number of hydrogen-bond donors (Lipinski definition) is 4. The number of nitrogens with one attached hydrogen (secondary N) is 2. The molecule has 2 rings (SSSR count). The van der Waals surface area contributed by atoms with Gasteiger partial charge < -0.3 is 20.8 Å². The minimum Gasteiger partial charge on any atom is -0.508 e. The number of anilines is 2. The highest BCUT2D eigenvalue weighted by Gasteiger charge is 2.08. The van der Waals surface area contributed by atoms with E-state index in [0.717, 1.165) is 6.07 Å². The molecular weight excluding hydrogens is 303 g/mol. The van der Waals surface area contributed by atoms with E-state index >= 15 is 0 Å². The number of carbonyl (C=O) groups is 1. The van der Waals surface area contributed by atoms with Crippen LogP contribution in [-0.2, 0) is 0 Å². The van der Waals surface area contributed by atoms with Crippen LogP contribution in [0.1, 0.15) is 0 Å². The van der Waals surface area contributed by atoms with E-state index in [1.54, 1.807) is 0 Å². The van der Waals surface area contributed by atoms with Crippen molar-refractivity contribution >= 4 is 40.6 Å². The highest BCUT2D eigenvalue weighted by Crippen LogP contribution is 2.27. The van der Waals surface area contributed by atoms with Gasteiger partial charge in [0.2, 0.25) is 0 Å². The maximum absolute atomic E-state index is 11.8. The third kappa shape index (κ3) is 3.69. The normalized spacial score (nSPS) is 10.1. The van der Waals surface area contributed by atoms with E-state index in [4.69, 9.17) is 28.3 Å². The highest BCUT2D eigenvalue weighted by molar-refractivity contribution is 6.35. The van der Waals surface area contributed by atoms with E-state index in [9.17, 15) is 9.90 Å². The van der Waals surface area contributed by atoms with E-state index in [-0.39, 0.29) is 17.2 Å². The van der Waals surface area contributed by atoms with Crippen LogP contribution in [0.5, 0.6) is 11.5 Å². The van der Waals surface area contributed by atoms with Gasteiger partial charge in [0.1, 0.15) is 11.5 Å². The monoisotopic (exact) mass is 312 g/mol. The Morgan fingerprint density at radius 3 is 2.20 bits per heavy atom. The van der Waals surface area contributed by atoms with Crippen molar-refractivity contribution in [2.75, 3.05) is 10.6 Å². The maximum Gasteiger partial charge on any atom is 0.323 e. The van der Waals surface area contributed by atoms with E-state index in [2.05, 4.69) is 10.6 Å². The Labute approximate surface area is 124 Å². The largest absolute Gasteiger partial charge is 0.508 e. The summed E-state index contributed by atoms with van der Waals surface area (Å²) in [6.45, 7) is 0. The van der Waals surface area contributed by atoms with Crippen molar-refractivity contribution in [2.45, 2.75) is 0 Å². The molecule has 0 bridgehead atoms. The molecule has 5 nitrogen and oxygen atoms in total. The Balaban J connectivity index is 2.09. The molecule has 20 heavy (non-hydrogen) atoms. The van der Waals surface area contributed by atoms with Crippen LogP contribution in [0.2, 0.25) is 10.0 Å². The summed E-state index contributed by atoms with van der Waals surface area (Å²) < 4.78 is 0. The molecule has 0 saturated carbocycles. The van der Waals surface area contributed by atoms with Crippen LogP contribution >= 0.6 is 23.2 Å². The fraction of sp³-hybridized carbons (Fsp3) is 0. The van der Waals surface area contributed by atoms with Crippen molar-refractivity contribution in [2.24, 2.45) is 0 Å². The van der Waals surface area contributed by atoms with E-state index < -0.39 is 6.03 Å². The summed E-state index contributed by atoms with van der Waals surface area (Å²) in [5.74, 6) is -0.348. The van der Waals surface area contributed by atoms with Gasteiger partial charge in [-0.25, -0.2) is 4.79 Å². The molecule has 2 amide bonds. The number of hydrogen-bond acceptors (Lipinski definition) is 3. The molecule has 0 saturated heterocycles. The lowest BCUT2D eigenvalue weighted by atomic mass is 10.3. The Kier molecular flexibility index (Phi) is 4.22. The molecule has 0 atom stereocenters. The molecule has 0 aliphatic rings. The number of phenolic OH excluding ortho intramolecular Hbond substituents is 2. The van der Waals surface area contributed by atoms with Crippen LogP contribution in [0, 0.1) is 0 Å². The van der Waals surface area contributed by atoms with Crippen molar-refractivity contribution in [3.05, 3.63) is 46.4 Å². The maximum atomic E-state index is 11.8. The fourth-order valence-electron chi connectivity index (χ4n) is 1.54. The predicted octanol–water partition coefficient (Wildman–Crippen LogP) is 4.05. The second kappa shape index (κ2) is 5.90. The van der Waals surface area contributed by atoms with Crippen molar-refractivity contribution in [3.8, 4) is 11.5 Å². The van der Waals surface area contributed by atoms with Gasteiger partial charge in [-0.2, -0.15) is 0 Å². The van der Waals surface area contributed by atoms with Gasteiger partial charge in [0.15, 0.2) is 0 Å². The predicted molar refractivity (Wildman–Crippen MR) is 78.9 cm³/mol. The summed E-state index contributed by atoms with van der Waals surface area (Å²) in [5.41, 5.74) is 0.576. The van der Waals surface area contributed by atoms with Crippen molar-refractivity contribution < 1.29 is 15.0 Å². The number of amides is 2. The number of carbonyl (C=O) groups excluding carboxylic acids is 1. The lowest BCUT2D eigenvalue weighted by Gasteiger charge is -2.09. The van der Waals surface area contributed by atoms with Gasteiger partial charge in [-0.3, -0.25) is 0 Å². The molecule has 0 spiro atoms. The van der Waals surface area contributed by atoms with E-state index in [0.29, 0.717) is 15.7 Å². The van der Waals surface area contributed by atoms with Crippen LogP contribution < -0.4 is 10.6 Å². The summed E-state index contributed by atoms with van der Waals surface area (Å²) in [6.07, 6.45) is 0. The molecule has 4 N–H and O–H groups in total. The average Bonchev–Trinajstić information content (AvgIpc) is 2.31. The highest BCUT2D eigenvalue weighted by atomic mass is 35.5. The summed E-state index contributed by atoms with van der Waals surface area (Å²) in [7, 11) is 0. The Hall–Kier alpha value is -2.11. The van der Waals surface area contributed by atoms with Crippen molar-refractivity contribution in [1.29, 1.82) is 0 Å². The molecule has 0 fully saturated rings. The van der Waals surface area contributed by atoms with Gasteiger partial charge in [-0.15, -0.1) is 0 Å². The second-order valence-corrected chi connectivity index (χ2v) is 4.81. The molecule has 0 unspecified atom stereocenters. The van der Waals surface area contributed by atoms with E-state index in [1.807, 2.05) is 0 Å². The standard InChI is InChI=1S/C13H10Cl2N2O3/c14-7-3-8(15)5-9(4-7)16-13(20)17-11-2-1-10(18)6-12(11)19/h1-6,18-19H,(H2,16,17,20). The zero-order valence-corrected chi connectivity index (χ0v) is 11.5. The van der Waals surface area contributed by atoms with Crippen LogP contribution in [-0.4, -0.2) is 16.2 Å². The Morgan fingerprint density at radius 2 is 1.60 bits per heavy atom. The molecule has 0 aliphatic heterocycles. The van der Waals surface area contributed by atoms with Gasteiger partial charge in [0.25, 0.3) is 0 Å². The number of halogens is 2. The molecule has 2 aromatic carbocycles. The minimum atomic E-state index is -0.579. The molecular formula is C13H10Cl2N2O3. The lowest BCUT2D eigenvalue weighted by molar-refractivity contribution is 0.262.